The molecule has 0 atom stereocenters. The highest BCUT2D eigenvalue weighted by Crippen LogP contribution is 2.38. The number of aliphatic imine (C=N–C) groups is 1. The maximum atomic E-state index is 14.1. The van der Waals surface area contributed by atoms with Gasteiger partial charge in [-0.1, -0.05) is 0 Å². The molecule has 2 heterocycles. The Balaban J connectivity index is 2.11. The van der Waals surface area contributed by atoms with Crippen molar-refractivity contribution in [3.8, 4) is 5.75 Å². The SMILES string of the molecule is CN(C)CCN1C=C(Cl)Oc2c(F)cc(F)c3c2C1=NCN3. The van der Waals surface area contributed by atoms with Gasteiger partial charge in [0.1, 0.15) is 18.3 Å². The molecule has 118 valence electrons. The fourth-order valence-corrected chi connectivity index (χ4v) is 2.57. The molecule has 5 nitrogen and oxygen atoms in total. The summed E-state index contributed by atoms with van der Waals surface area (Å²) in [4.78, 5) is 8.07. The number of hydrogen-bond donors (Lipinski definition) is 1. The number of amidine groups is 1. The number of rotatable bonds is 3. The number of nitrogens with one attached hydrogen (secondary N) is 1. The van der Waals surface area contributed by atoms with Crippen LogP contribution in [0.5, 0.6) is 5.75 Å². The average Bonchev–Trinajstić information content (AvgIpc) is 2.60. The Kier molecular flexibility index (Phi) is 3.92. The zero-order chi connectivity index (χ0) is 15.9. The van der Waals surface area contributed by atoms with E-state index in [1.165, 1.54) is 6.20 Å². The molecule has 8 heteroatoms. The summed E-state index contributed by atoms with van der Waals surface area (Å²) in [6, 6.07) is 0.782. The summed E-state index contributed by atoms with van der Waals surface area (Å²) >= 11 is 6.01. The van der Waals surface area contributed by atoms with Gasteiger partial charge >= 0.3 is 0 Å². The summed E-state index contributed by atoms with van der Waals surface area (Å²) in [5.41, 5.74) is 0.436. The van der Waals surface area contributed by atoms with Crippen LogP contribution >= 0.6 is 11.6 Å². The van der Waals surface area contributed by atoms with E-state index in [4.69, 9.17) is 16.3 Å². The largest absolute Gasteiger partial charge is 0.440 e. The van der Waals surface area contributed by atoms with Crippen molar-refractivity contribution in [3.63, 3.8) is 0 Å². The monoisotopic (exact) mass is 328 g/mol. The topological polar surface area (TPSA) is 40.1 Å². The van der Waals surface area contributed by atoms with Crippen molar-refractivity contribution in [2.24, 2.45) is 4.99 Å². The number of hydrogen-bond acceptors (Lipinski definition) is 5. The molecule has 22 heavy (non-hydrogen) atoms. The van der Waals surface area contributed by atoms with Crippen molar-refractivity contribution < 1.29 is 13.5 Å². The highest BCUT2D eigenvalue weighted by Gasteiger charge is 2.31. The van der Waals surface area contributed by atoms with Gasteiger partial charge in [-0.3, -0.25) is 0 Å². The molecule has 0 saturated heterocycles. The van der Waals surface area contributed by atoms with Gasteiger partial charge in [0.05, 0.1) is 17.5 Å². The average molecular weight is 329 g/mol. The van der Waals surface area contributed by atoms with Crippen molar-refractivity contribution in [2.75, 3.05) is 39.2 Å². The normalized spacial score (nSPS) is 16.4. The molecule has 0 spiro atoms. The fourth-order valence-electron chi connectivity index (χ4n) is 2.38. The second-order valence-corrected chi connectivity index (χ2v) is 5.64. The summed E-state index contributed by atoms with van der Waals surface area (Å²) in [6.45, 7) is 1.48. The number of benzene rings is 1. The van der Waals surface area contributed by atoms with Crippen LogP contribution in [-0.2, 0) is 0 Å². The van der Waals surface area contributed by atoms with Crippen LogP contribution in [0, 0.1) is 11.6 Å². The highest BCUT2D eigenvalue weighted by atomic mass is 35.5. The van der Waals surface area contributed by atoms with Crippen LogP contribution < -0.4 is 10.1 Å². The number of nitrogens with zero attached hydrogens (tertiary/aromatic N) is 3. The van der Waals surface area contributed by atoms with Crippen LogP contribution in [0.1, 0.15) is 5.56 Å². The van der Waals surface area contributed by atoms with Crippen molar-refractivity contribution >= 4 is 23.1 Å². The van der Waals surface area contributed by atoms with Gasteiger partial charge in [-0.05, 0) is 25.7 Å². The predicted octanol–water partition coefficient (Wildman–Crippen LogP) is 2.39. The van der Waals surface area contributed by atoms with Gasteiger partial charge in [0.25, 0.3) is 0 Å². The molecule has 1 N–H and O–H groups in total. The molecule has 0 unspecified atom stereocenters. The molecule has 0 fully saturated rings. The van der Waals surface area contributed by atoms with Crippen molar-refractivity contribution in [1.29, 1.82) is 0 Å². The molecule has 2 aliphatic heterocycles. The first kappa shape index (κ1) is 15.1. The molecular formula is C14H15ClF2N4O. The molecule has 3 rings (SSSR count). The van der Waals surface area contributed by atoms with Crippen LogP contribution in [0.25, 0.3) is 0 Å². The molecular weight excluding hydrogens is 314 g/mol. The van der Waals surface area contributed by atoms with Crippen molar-refractivity contribution in [2.45, 2.75) is 0 Å². The Morgan fingerprint density at radius 3 is 2.91 bits per heavy atom. The van der Waals surface area contributed by atoms with E-state index < -0.39 is 11.6 Å². The molecule has 0 aliphatic carbocycles. The third-order valence-electron chi connectivity index (χ3n) is 3.41. The standard InChI is InChI=1S/C14H15ClF2N4O/c1-20(2)3-4-21-6-10(15)22-13-9(17)5-8(16)12-11(13)14(21)19-7-18-12/h5-6,18H,3-4,7H2,1-2H3. The minimum absolute atomic E-state index is 0.00330. The van der Waals surface area contributed by atoms with Gasteiger partial charge in [0.15, 0.2) is 11.6 Å². The molecule has 0 bridgehead atoms. The van der Waals surface area contributed by atoms with E-state index in [1.807, 2.05) is 19.0 Å². The highest BCUT2D eigenvalue weighted by molar-refractivity contribution is 6.29. The summed E-state index contributed by atoms with van der Waals surface area (Å²) in [7, 11) is 3.87. The lowest BCUT2D eigenvalue weighted by molar-refractivity contribution is 0.365. The molecule has 0 radical (unpaired) electrons. The maximum absolute atomic E-state index is 14.1. The zero-order valence-electron chi connectivity index (χ0n) is 12.2. The minimum atomic E-state index is -0.811. The second-order valence-electron chi connectivity index (χ2n) is 5.27. The van der Waals surface area contributed by atoms with Crippen LogP contribution in [0.2, 0.25) is 0 Å². The third-order valence-corrected chi connectivity index (χ3v) is 3.59. The molecule has 2 aliphatic rings. The number of likely N-dealkylation sites (N-methyl/N-ethyl adjacent to an activating group) is 1. The Hall–Kier alpha value is -1.86. The molecule has 0 amide bonds. The summed E-state index contributed by atoms with van der Waals surface area (Å²) in [6.07, 6.45) is 1.54. The Morgan fingerprint density at radius 2 is 2.18 bits per heavy atom. The maximum Gasteiger partial charge on any atom is 0.210 e. The minimum Gasteiger partial charge on any atom is -0.440 e. The lowest BCUT2D eigenvalue weighted by Gasteiger charge is -2.27. The molecule has 1 aromatic carbocycles. The van der Waals surface area contributed by atoms with E-state index >= 15 is 0 Å². The van der Waals surface area contributed by atoms with Crippen LogP contribution in [0.15, 0.2) is 22.5 Å². The quantitative estimate of drug-likeness (QED) is 0.925. The van der Waals surface area contributed by atoms with E-state index in [-0.39, 0.29) is 28.9 Å². The van der Waals surface area contributed by atoms with Crippen LogP contribution in [0.4, 0.5) is 14.5 Å². The first-order valence-electron chi connectivity index (χ1n) is 6.74. The van der Waals surface area contributed by atoms with Crippen LogP contribution in [-0.4, -0.2) is 49.5 Å². The summed E-state index contributed by atoms with van der Waals surface area (Å²) < 4.78 is 33.4. The Bertz CT molecular complexity index is 675. The van der Waals surface area contributed by atoms with Gasteiger partial charge in [-0.25, -0.2) is 13.8 Å². The molecule has 1 aromatic rings. The lowest BCUT2D eigenvalue weighted by atomic mass is 10.1. The van der Waals surface area contributed by atoms with Gasteiger partial charge in [-0.2, -0.15) is 0 Å². The second kappa shape index (κ2) is 5.73. The van der Waals surface area contributed by atoms with Crippen molar-refractivity contribution in [3.05, 3.63) is 34.7 Å². The Labute approximate surface area is 131 Å². The van der Waals surface area contributed by atoms with Crippen molar-refractivity contribution in [1.82, 2.24) is 9.80 Å². The van der Waals surface area contributed by atoms with E-state index in [1.54, 1.807) is 4.90 Å². The van der Waals surface area contributed by atoms with Gasteiger partial charge in [-0.15, -0.1) is 0 Å². The van der Waals surface area contributed by atoms with E-state index in [0.29, 0.717) is 12.4 Å². The van der Waals surface area contributed by atoms with E-state index in [0.717, 1.165) is 12.6 Å². The fraction of sp³-hybridized carbons (Fsp3) is 0.357. The Morgan fingerprint density at radius 1 is 1.41 bits per heavy atom. The van der Waals surface area contributed by atoms with E-state index in [2.05, 4.69) is 10.3 Å². The van der Waals surface area contributed by atoms with E-state index in [9.17, 15) is 8.78 Å². The first-order valence-corrected chi connectivity index (χ1v) is 7.12. The first-order chi connectivity index (χ1) is 10.5. The predicted molar refractivity (Wildman–Crippen MR) is 81.2 cm³/mol. The number of anilines is 1. The number of ether oxygens (including phenoxy) is 1. The zero-order valence-corrected chi connectivity index (χ0v) is 12.9. The molecule has 0 saturated carbocycles. The van der Waals surface area contributed by atoms with Gasteiger partial charge < -0.3 is 19.9 Å². The lowest BCUT2D eigenvalue weighted by Crippen LogP contribution is -2.35. The summed E-state index contributed by atoms with van der Waals surface area (Å²) in [5.74, 6) is -1.16. The van der Waals surface area contributed by atoms with Gasteiger partial charge in [0, 0.05) is 19.2 Å². The number of halogens is 3. The van der Waals surface area contributed by atoms with Crippen LogP contribution in [0.3, 0.4) is 0 Å². The smallest absolute Gasteiger partial charge is 0.210 e. The van der Waals surface area contributed by atoms with Gasteiger partial charge in [0.2, 0.25) is 5.22 Å². The summed E-state index contributed by atoms with van der Waals surface area (Å²) in [5, 5.41) is 2.82. The molecule has 0 aromatic heterocycles. The third kappa shape index (κ3) is 2.62.